The smallest absolute Gasteiger partial charge is 0.0166 e. The molecule has 2 heteroatoms. The van der Waals surface area contributed by atoms with E-state index < -0.39 is 0 Å². The van der Waals surface area contributed by atoms with Gasteiger partial charge >= 0.3 is 0 Å². The molecule has 72 valence electrons. The van der Waals surface area contributed by atoms with E-state index in [2.05, 4.69) is 22.9 Å². The molecule has 0 aromatic rings. The van der Waals surface area contributed by atoms with E-state index in [1.807, 2.05) is 0 Å². The molecule has 0 aromatic heterocycles. The molecule has 2 nitrogen and oxygen atoms in total. The Labute approximate surface area is 80.0 Å². The van der Waals surface area contributed by atoms with Crippen LogP contribution in [0.1, 0.15) is 25.7 Å². The van der Waals surface area contributed by atoms with E-state index in [9.17, 15) is 0 Å². The van der Waals surface area contributed by atoms with Crippen LogP contribution in [-0.4, -0.2) is 35.6 Å². The van der Waals surface area contributed by atoms with Crippen LogP contribution in [0.3, 0.4) is 0 Å². The Morgan fingerprint density at radius 1 is 1.15 bits per heavy atom. The van der Waals surface area contributed by atoms with Crippen molar-refractivity contribution in [3.63, 3.8) is 0 Å². The minimum atomic E-state index is 0.837. The van der Waals surface area contributed by atoms with E-state index in [1.54, 1.807) is 0 Å². The zero-order chi connectivity index (χ0) is 8.84. The maximum absolute atomic E-state index is 3.86. The van der Waals surface area contributed by atoms with Gasteiger partial charge in [0, 0.05) is 30.7 Å². The first-order valence-electron chi connectivity index (χ1n) is 5.49. The Balaban J connectivity index is 1.81. The van der Waals surface area contributed by atoms with Gasteiger partial charge in [-0.25, -0.2) is 0 Å². The SMILES string of the molecule is C=CCN1C2CC3CC1CC(C2)N3. The Hall–Kier alpha value is -0.340. The average molecular weight is 178 g/mol. The van der Waals surface area contributed by atoms with Gasteiger partial charge in [0.2, 0.25) is 0 Å². The average Bonchev–Trinajstić information content (AvgIpc) is 2.10. The highest BCUT2D eigenvalue weighted by molar-refractivity contribution is 5.06. The fraction of sp³-hybridized carbons (Fsp3) is 0.818. The number of piperidine rings is 4. The summed E-state index contributed by atoms with van der Waals surface area (Å²) in [5.74, 6) is 0. The lowest BCUT2D eigenvalue weighted by Crippen LogP contribution is -2.67. The summed E-state index contributed by atoms with van der Waals surface area (Å²) in [4.78, 5) is 2.68. The molecule has 4 rings (SSSR count). The van der Waals surface area contributed by atoms with Crippen molar-refractivity contribution in [1.82, 2.24) is 10.2 Å². The second kappa shape index (κ2) is 2.82. The molecule has 4 heterocycles. The number of hydrogen-bond acceptors (Lipinski definition) is 2. The van der Waals surface area contributed by atoms with E-state index >= 15 is 0 Å². The Morgan fingerprint density at radius 3 is 2.15 bits per heavy atom. The molecule has 0 aliphatic carbocycles. The van der Waals surface area contributed by atoms with Crippen LogP contribution in [0, 0.1) is 0 Å². The Morgan fingerprint density at radius 2 is 1.69 bits per heavy atom. The summed E-state index contributed by atoms with van der Waals surface area (Å²) >= 11 is 0. The molecule has 0 radical (unpaired) electrons. The van der Waals surface area contributed by atoms with E-state index in [0.717, 1.165) is 30.7 Å². The van der Waals surface area contributed by atoms with Gasteiger partial charge in [0.25, 0.3) is 0 Å². The standard InChI is InChI=1S/C11H18N2/c1-2-3-13-10-4-8-5-11(13)7-9(6-10)12-8/h2,8-12H,1,3-7H2. The first-order valence-corrected chi connectivity index (χ1v) is 5.49. The maximum Gasteiger partial charge on any atom is 0.0166 e. The molecule has 0 spiro atoms. The normalized spacial score (nSPS) is 48.3. The minimum absolute atomic E-state index is 0.837. The van der Waals surface area contributed by atoms with Gasteiger partial charge in [-0.15, -0.1) is 6.58 Å². The third kappa shape index (κ3) is 1.16. The topological polar surface area (TPSA) is 15.3 Å². The molecular formula is C11H18N2. The fourth-order valence-electron chi connectivity index (χ4n) is 3.59. The molecule has 13 heavy (non-hydrogen) atoms. The lowest BCUT2D eigenvalue weighted by Gasteiger charge is -2.56. The molecule has 0 atom stereocenters. The zero-order valence-electron chi connectivity index (χ0n) is 8.08. The van der Waals surface area contributed by atoms with Gasteiger partial charge in [-0.05, 0) is 25.7 Å². The van der Waals surface area contributed by atoms with E-state index in [1.165, 1.54) is 25.7 Å². The van der Waals surface area contributed by atoms with Crippen LogP contribution in [0.2, 0.25) is 0 Å². The summed E-state index contributed by atoms with van der Waals surface area (Å²) in [6, 6.07) is 3.40. The highest BCUT2D eigenvalue weighted by Crippen LogP contribution is 2.38. The molecule has 0 unspecified atom stereocenters. The highest BCUT2D eigenvalue weighted by atomic mass is 15.3. The fourth-order valence-corrected chi connectivity index (χ4v) is 3.59. The van der Waals surface area contributed by atoms with Crippen molar-refractivity contribution in [3.8, 4) is 0 Å². The Bertz CT molecular complexity index is 196. The lowest BCUT2D eigenvalue weighted by molar-refractivity contribution is -0.0227. The monoisotopic (exact) mass is 178 g/mol. The molecule has 0 saturated carbocycles. The number of hydrogen-bond donors (Lipinski definition) is 1. The zero-order valence-corrected chi connectivity index (χ0v) is 8.08. The molecule has 4 aliphatic heterocycles. The van der Waals surface area contributed by atoms with Crippen LogP contribution in [-0.2, 0) is 0 Å². The lowest BCUT2D eigenvalue weighted by atomic mass is 9.74. The molecule has 4 fully saturated rings. The van der Waals surface area contributed by atoms with Crippen LogP contribution in [0.4, 0.5) is 0 Å². The first kappa shape index (κ1) is 8.01. The van der Waals surface area contributed by atoms with Crippen LogP contribution in [0.5, 0.6) is 0 Å². The molecule has 4 aliphatic rings. The van der Waals surface area contributed by atoms with Crippen LogP contribution < -0.4 is 5.32 Å². The van der Waals surface area contributed by atoms with Crippen LogP contribution in [0.15, 0.2) is 12.7 Å². The van der Waals surface area contributed by atoms with Gasteiger partial charge in [0.15, 0.2) is 0 Å². The third-order valence-corrected chi connectivity index (χ3v) is 3.98. The van der Waals surface area contributed by atoms with Gasteiger partial charge in [0.1, 0.15) is 0 Å². The summed E-state index contributed by atoms with van der Waals surface area (Å²) in [6.45, 7) is 4.96. The molecule has 1 N–H and O–H groups in total. The Kier molecular flexibility index (Phi) is 1.74. The van der Waals surface area contributed by atoms with Gasteiger partial charge in [-0.2, -0.15) is 0 Å². The first-order chi connectivity index (χ1) is 6.36. The number of nitrogens with one attached hydrogen (secondary N) is 1. The van der Waals surface area contributed by atoms with Crippen molar-refractivity contribution >= 4 is 0 Å². The van der Waals surface area contributed by atoms with E-state index in [0.29, 0.717) is 0 Å². The van der Waals surface area contributed by atoms with Gasteiger partial charge in [-0.1, -0.05) is 6.08 Å². The van der Waals surface area contributed by atoms with Crippen molar-refractivity contribution in [2.75, 3.05) is 6.54 Å². The second-order valence-electron chi connectivity index (χ2n) is 4.80. The van der Waals surface area contributed by atoms with E-state index in [-0.39, 0.29) is 0 Å². The highest BCUT2D eigenvalue weighted by Gasteiger charge is 2.45. The molecule has 4 saturated heterocycles. The summed E-state index contributed by atoms with van der Waals surface area (Å²) in [5.41, 5.74) is 0. The molecule has 4 bridgehead atoms. The molecule has 0 amide bonds. The summed E-state index contributed by atoms with van der Waals surface area (Å²) < 4.78 is 0. The third-order valence-electron chi connectivity index (χ3n) is 3.98. The quantitative estimate of drug-likeness (QED) is 0.638. The van der Waals surface area contributed by atoms with E-state index in [4.69, 9.17) is 0 Å². The summed E-state index contributed by atoms with van der Waals surface area (Å²) in [7, 11) is 0. The molecular weight excluding hydrogens is 160 g/mol. The molecule has 0 aromatic carbocycles. The summed E-state index contributed by atoms with van der Waals surface area (Å²) in [5, 5.41) is 3.72. The minimum Gasteiger partial charge on any atom is -0.311 e. The largest absolute Gasteiger partial charge is 0.311 e. The van der Waals surface area contributed by atoms with Gasteiger partial charge in [0.05, 0.1) is 0 Å². The van der Waals surface area contributed by atoms with Crippen molar-refractivity contribution in [2.45, 2.75) is 49.9 Å². The van der Waals surface area contributed by atoms with Crippen molar-refractivity contribution in [1.29, 1.82) is 0 Å². The second-order valence-corrected chi connectivity index (χ2v) is 4.80. The number of nitrogens with zero attached hydrogens (tertiary/aromatic N) is 1. The van der Waals surface area contributed by atoms with Crippen molar-refractivity contribution < 1.29 is 0 Å². The van der Waals surface area contributed by atoms with Gasteiger partial charge in [-0.3, -0.25) is 4.90 Å². The maximum atomic E-state index is 3.86. The van der Waals surface area contributed by atoms with Crippen molar-refractivity contribution in [2.24, 2.45) is 0 Å². The van der Waals surface area contributed by atoms with Crippen molar-refractivity contribution in [3.05, 3.63) is 12.7 Å². The predicted molar refractivity (Wildman–Crippen MR) is 53.7 cm³/mol. The van der Waals surface area contributed by atoms with Gasteiger partial charge < -0.3 is 5.32 Å². The van der Waals surface area contributed by atoms with Crippen LogP contribution >= 0.6 is 0 Å². The number of rotatable bonds is 2. The van der Waals surface area contributed by atoms with Crippen LogP contribution in [0.25, 0.3) is 0 Å². The summed E-state index contributed by atoms with van der Waals surface area (Å²) in [6.07, 6.45) is 7.57. The predicted octanol–water partition coefficient (Wildman–Crippen LogP) is 1.14.